The topological polar surface area (TPSA) is 82.3 Å². The van der Waals surface area contributed by atoms with Gasteiger partial charge in [-0.1, -0.05) is 29.3 Å². The second-order valence-electron chi connectivity index (χ2n) is 8.30. The molecule has 0 aromatic heterocycles. The normalized spacial score (nSPS) is 14.9. The van der Waals surface area contributed by atoms with E-state index in [9.17, 15) is 14.4 Å². The van der Waals surface area contributed by atoms with E-state index < -0.39 is 11.5 Å². The molecule has 10 heteroatoms. The first-order valence-corrected chi connectivity index (χ1v) is 11.5. The molecule has 1 aliphatic rings. The van der Waals surface area contributed by atoms with E-state index in [1.165, 1.54) is 17.0 Å². The maximum atomic E-state index is 13.4. The van der Waals surface area contributed by atoms with Crippen LogP contribution in [0.2, 0.25) is 10.0 Å². The summed E-state index contributed by atoms with van der Waals surface area (Å²) in [7, 11) is 0. The molecule has 1 heterocycles. The van der Waals surface area contributed by atoms with Crippen molar-refractivity contribution in [2.75, 3.05) is 9.80 Å². The Bertz CT molecular complexity index is 1240. The molecule has 0 bridgehead atoms. The summed E-state index contributed by atoms with van der Waals surface area (Å²) in [6.07, 6.45) is 0.356. The Morgan fingerprint density at radius 3 is 2.38 bits per heavy atom. The van der Waals surface area contributed by atoms with Crippen molar-refractivity contribution in [3.8, 4) is 0 Å². The van der Waals surface area contributed by atoms with Gasteiger partial charge in [-0.15, -0.1) is 0 Å². The van der Waals surface area contributed by atoms with Gasteiger partial charge >= 0.3 is 5.97 Å². The number of carboxylic acid groups (broad SMARTS) is 1. The Kier molecular flexibility index (Phi) is 7.61. The molecular formula is C24H21Cl2N3O4S. The Morgan fingerprint density at radius 1 is 1.09 bits per heavy atom. The predicted octanol–water partition coefficient (Wildman–Crippen LogP) is 5.83. The molecule has 0 spiro atoms. The van der Waals surface area contributed by atoms with Gasteiger partial charge in [0.2, 0.25) is 5.69 Å². The maximum absolute atomic E-state index is 13.4. The van der Waals surface area contributed by atoms with Crippen LogP contribution in [-0.4, -0.2) is 33.4 Å². The summed E-state index contributed by atoms with van der Waals surface area (Å²) in [6, 6.07) is 9.77. The van der Waals surface area contributed by atoms with Crippen LogP contribution in [-0.2, 0) is 20.8 Å². The second-order valence-corrected chi connectivity index (χ2v) is 9.48. The number of carbonyl (C=O) groups is 3. The van der Waals surface area contributed by atoms with Crippen molar-refractivity contribution in [3.63, 3.8) is 0 Å². The van der Waals surface area contributed by atoms with E-state index in [1.807, 2.05) is 0 Å². The number of rotatable bonds is 8. The number of aliphatic carboxylic acids is 1. The van der Waals surface area contributed by atoms with Crippen LogP contribution in [0, 0.1) is 6.57 Å². The quantitative estimate of drug-likeness (QED) is 0.350. The van der Waals surface area contributed by atoms with E-state index >= 15 is 0 Å². The lowest BCUT2D eigenvalue weighted by atomic mass is 10.0. The van der Waals surface area contributed by atoms with Gasteiger partial charge in [0.1, 0.15) is 11.3 Å². The van der Waals surface area contributed by atoms with Crippen molar-refractivity contribution in [3.05, 3.63) is 63.4 Å². The van der Waals surface area contributed by atoms with Crippen molar-refractivity contribution >= 4 is 75.3 Å². The zero-order valence-corrected chi connectivity index (χ0v) is 20.8. The number of carbonyl (C=O) groups excluding carboxylic acids is 2. The molecule has 1 aliphatic heterocycles. The molecule has 0 aliphatic carbocycles. The molecular weight excluding hydrogens is 497 g/mol. The first kappa shape index (κ1) is 25.6. The van der Waals surface area contributed by atoms with Gasteiger partial charge < -0.3 is 10.0 Å². The summed E-state index contributed by atoms with van der Waals surface area (Å²) in [5.41, 5.74) is 0.833. The monoisotopic (exact) mass is 517 g/mol. The molecule has 0 radical (unpaired) electrons. The number of hydrogen-bond donors (Lipinski definition) is 1. The van der Waals surface area contributed by atoms with Gasteiger partial charge in [-0.05, 0) is 68.4 Å². The third-order valence-electron chi connectivity index (χ3n) is 5.50. The fourth-order valence-electron chi connectivity index (χ4n) is 3.75. The van der Waals surface area contributed by atoms with Gasteiger partial charge in [0, 0.05) is 35.0 Å². The van der Waals surface area contributed by atoms with E-state index in [0.717, 1.165) is 0 Å². The van der Waals surface area contributed by atoms with E-state index in [1.54, 1.807) is 43.0 Å². The van der Waals surface area contributed by atoms with E-state index in [2.05, 4.69) is 4.85 Å². The summed E-state index contributed by atoms with van der Waals surface area (Å²) >= 11 is 18.2. The number of thiocarbonyl (C=S) groups is 1. The molecule has 1 saturated heterocycles. The average Bonchev–Trinajstić information content (AvgIpc) is 2.93. The summed E-state index contributed by atoms with van der Waals surface area (Å²) in [6.45, 7) is 10.6. The Morgan fingerprint density at radius 2 is 1.76 bits per heavy atom. The number of anilines is 2. The van der Waals surface area contributed by atoms with Crippen LogP contribution >= 0.6 is 35.4 Å². The minimum atomic E-state index is -1.04. The third-order valence-corrected chi connectivity index (χ3v) is 6.54. The minimum Gasteiger partial charge on any atom is -0.481 e. The van der Waals surface area contributed by atoms with Crippen molar-refractivity contribution in [1.82, 2.24) is 0 Å². The molecule has 0 atom stereocenters. The fraction of sp³-hybridized carbons (Fsp3) is 0.292. The zero-order valence-electron chi connectivity index (χ0n) is 18.5. The first-order valence-electron chi connectivity index (χ1n) is 10.3. The van der Waals surface area contributed by atoms with Crippen LogP contribution in [0.1, 0.15) is 38.7 Å². The summed E-state index contributed by atoms with van der Waals surface area (Å²) in [5.74, 6) is -1.35. The van der Waals surface area contributed by atoms with E-state index in [4.69, 9.17) is 47.1 Å². The Hall–Kier alpha value is -2.99. The smallest absolute Gasteiger partial charge is 0.303 e. The minimum absolute atomic E-state index is 0.0404. The fourth-order valence-corrected chi connectivity index (χ4v) is 4.68. The van der Waals surface area contributed by atoms with Gasteiger partial charge in [0.25, 0.3) is 5.91 Å². The van der Waals surface area contributed by atoms with Crippen LogP contribution in [0.4, 0.5) is 17.1 Å². The lowest BCUT2D eigenvalue weighted by Crippen LogP contribution is -2.44. The van der Waals surface area contributed by atoms with Crippen LogP contribution in [0.3, 0.4) is 0 Å². The van der Waals surface area contributed by atoms with Gasteiger partial charge in [0.15, 0.2) is 5.11 Å². The maximum Gasteiger partial charge on any atom is 0.303 e. The SMILES string of the molecule is [C-]#[N+]c1ccc(N2C(=O)C(C)(C)N(c3ccc(Cl)c(CC(=O)CCCC(=O)O)c3)C2=S)cc1Cl. The molecule has 1 amide bonds. The molecule has 176 valence electrons. The summed E-state index contributed by atoms with van der Waals surface area (Å²) in [5, 5.41) is 9.59. The highest BCUT2D eigenvalue weighted by Crippen LogP contribution is 2.39. The van der Waals surface area contributed by atoms with Crippen LogP contribution in [0.25, 0.3) is 4.85 Å². The van der Waals surface area contributed by atoms with Crippen molar-refractivity contribution in [1.29, 1.82) is 0 Å². The molecule has 3 rings (SSSR count). The van der Waals surface area contributed by atoms with E-state index in [0.29, 0.717) is 22.0 Å². The number of ketones is 1. The average molecular weight is 518 g/mol. The Balaban J connectivity index is 1.91. The molecule has 1 fully saturated rings. The molecule has 34 heavy (non-hydrogen) atoms. The largest absolute Gasteiger partial charge is 0.481 e. The van der Waals surface area contributed by atoms with Crippen molar-refractivity contribution in [2.24, 2.45) is 0 Å². The number of amides is 1. The lowest BCUT2D eigenvalue weighted by molar-refractivity contribution is -0.137. The first-order chi connectivity index (χ1) is 16.0. The van der Waals surface area contributed by atoms with Gasteiger partial charge in [-0.25, -0.2) is 4.85 Å². The highest BCUT2D eigenvalue weighted by Gasteiger charge is 2.50. The lowest BCUT2D eigenvalue weighted by Gasteiger charge is -2.30. The predicted molar refractivity (Wildman–Crippen MR) is 136 cm³/mol. The van der Waals surface area contributed by atoms with Gasteiger partial charge in [-0.2, -0.15) is 0 Å². The van der Waals surface area contributed by atoms with Crippen LogP contribution < -0.4 is 9.80 Å². The number of halogens is 2. The number of nitrogens with zero attached hydrogens (tertiary/aromatic N) is 3. The number of hydrogen-bond acceptors (Lipinski definition) is 4. The van der Waals surface area contributed by atoms with Crippen molar-refractivity contribution in [2.45, 2.75) is 45.1 Å². The molecule has 2 aromatic carbocycles. The molecule has 0 saturated carbocycles. The zero-order chi connectivity index (χ0) is 25.2. The van der Waals surface area contributed by atoms with Gasteiger partial charge in [-0.3, -0.25) is 19.3 Å². The Labute approximate surface area is 212 Å². The van der Waals surface area contributed by atoms with Gasteiger partial charge in [0.05, 0.1) is 12.3 Å². The second kappa shape index (κ2) is 10.1. The number of benzene rings is 2. The van der Waals surface area contributed by atoms with Crippen molar-refractivity contribution < 1.29 is 19.5 Å². The summed E-state index contributed by atoms with van der Waals surface area (Å²) < 4.78 is 0. The number of carboxylic acids is 1. The molecule has 1 N–H and O–H groups in total. The highest BCUT2D eigenvalue weighted by molar-refractivity contribution is 7.81. The van der Waals surface area contributed by atoms with Crippen LogP contribution in [0.15, 0.2) is 36.4 Å². The summed E-state index contributed by atoms with van der Waals surface area (Å²) in [4.78, 5) is 42.8. The van der Waals surface area contributed by atoms with Crippen LogP contribution in [0.5, 0.6) is 0 Å². The molecule has 0 unspecified atom stereocenters. The highest BCUT2D eigenvalue weighted by atomic mass is 35.5. The number of Topliss-reactive ketones (excluding diaryl/α,β-unsaturated/α-hetero) is 1. The standard InChI is InChI=1S/C24H21Cl2N3O4S/c1-24(2)22(33)28(15-8-10-20(27-3)19(26)13-15)23(34)29(24)16-7-9-18(25)14(11-16)12-17(30)5-4-6-21(31)32/h7-11,13H,4-6,12H2,1-2H3,(H,31,32). The third kappa shape index (κ3) is 5.07. The molecule has 2 aromatic rings. The molecule has 7 nitrogen and oxygen atoms in total. The van der Waals surface area contributed by atoms with E-state index in [-0.39, 0.29) is 53.2 Å².